The van der Waals surface area contributed by atoms with E-state index in [2.05, 4.69) is 15.9 Å². The van der Waals surface area contributed by atoms with Gasteiger partial charge in [0.1, 0.15) is 0 Å². The van der Waals surface area contributed by atoms with Crippen LogP contribution in [-0.4, -0.2) is 20.0 Å². The number of halogens is 2. The molecule has 0 N–H and O–H groups in total. The van der Waals surface area contributed by atoms with Gasteiger partial charge < -0.3 is 9.47 Å². The fraction of sp³-hybridized carbons (Fsp3) is 0.188. The van der Waals surface area contributed by atoms with Crippen molar-refractivity contribution in [3.63, 3.8) is 0 Å². The van der Waals surface area contributed by atoms with Crippen LogP contribution in [0.3, 0.4) is 0 Å². The highest BCUT2D eigenvalue weighted by molar-refractivity contribution is 9.10. The monoisotopic (exact) mass is 368 g/mol. The SMILES string of the molecule is COc1ccc(CC(=O)c2cc(Cl)ccc2Br)cc1OC. The van der Waals surface area contributed by atoms with Crippen molar-refractivity contribution in [1.82, 2.24) is 0 Å². The number of benzene rings is 2. The maximum absolute atomic E-state index is 12.4. The van der Waals surface area contributed by atoms with E-state index in [1.165, 1.54) is 0 Å². The third kappa shape index (κ3) is 3.77. The molecule has 2 aromatic rings. The number of methoxy groups -OCH3 is 2. The maximum Gasteiger partial charge on any atom is 0.168 e. The van der Waals surface area contributed by atoms with Gasteiger partial charge in [-0.25, -0.2) is 0 Å². The van der Waals surface area contributed by atoms with Crippen molar-refractivity contribution < 1.29 is 14.3 Å². The number of ether oxygens (including phenoxy) is 2. The fourth-order valence-electron chi connectivity index (χ4n) is 1.98. The van der Waals surface area contributed by atoms with Gasteiger partial charge in [0.15, 0.2) is 17.3 Å². The predicted octanol–water partition coefficient (Wildman–Crippen LogP) is 4.55. The van der Waals surface area contributed by atoms with Crippen molar-refractivity contribution in [1.29, 1.82) is 0 Å². The minimum atomic E-state index is -0.0170. The Labute approximate surface area is 137 Å². The van der Waals surface area contributed by atoms with Gasteiger partial charge in [-0.05, 0) is 35.9 Å². The first-order valence-corrected chi connectivity index (χ1v) is 7.41. The molecule has 0 saturated heterocycles. The summed E-state index contributed by atoms with van der Waals surface area (Å²) in [5, 5.41) is 0.536. The number of hydrogen-bond acceptors (Lipinski definition) is 3. The molecule has 110 valence electrons. The van der Waals surface area contributed by atoms with E-state index in [1.54, 1.807) is 44.6 Å². The summed E-state index contributed by atoms with van der Waals surface area (Å²) in [5.74, 6) is 1.22. The lowest BCUT2D eigenvalue weighted by Gasteiger charge is -2.10. The highest BCUT2D eigenvalue weighted by Gasteiger charge is 2.13. The van der Waals surface area contributed by atoms with E-state index in [1.807, 2.05) is 6.07 Å². The smallest absolute Gasteiger partial charge is 0.168 e. The van der Waals surface area contributed by atoms with Gasteiger partial charge in [0.05, 0.1) is 14.2 Å². The van der Waals surface area contributed by atoms with Crippen LogP contribution in [0.2, 0.25) is 5.02 Å². The van der Waals surface area contributed by atoms with Crippen molar-refractivity contribution in [2.75, 3.05) is 14.2 Å². The van der Waals surface area contributed by atoms with Crippen LogP contribution in [0, 0.1) is 0 Å². The molecule has 0 saturated carbocycles. The summed E-state index contributed by atoms with van der Waals surface area (Å²) in [6.45, 7) is 0. The van der Waals surface area contributed by atoms with Gasteiger partial charge in [0.2, 0.25) is 0 Å². The third-order valence-electron chi connectivity index (χ3n) is 3.04. The molecular formula is C16H14BrClO3. The Morgan fingerprint density at radius 2 is 1.81 bits per heavy atom. The Kier molecular flexibility index (Phi) is 5.26. The Hall–Kier alpha value is -1.52. The van der Waals surface area contributed by atoms with Crippen LogP contribution in [-0.2, 0) is 6.42 Å². The van der Waals surface area contributed by atoms with Crippen LogP contribution in [0.5, 0.6) is 11.5 Å². The summed E-state index contributed by atoms with van der Waals surface area (Å²) in [4.78, 5) is 12.4. The number of carbonyl (C=O) groups excluding carboxylic acids is 1. The van der Waals surface area contributed by atoms with Crippen LogP contribution in [0.4, 0.5) is 0 Å². The minimum Gasteiger partial charge on any atom is -0.493 e. The number of carbonyl (C=O) groups is 1. The van der Waals surface area contributed by atoms with Gasteiger partial charge in [0.25, 0.3) is 0 Å². The van der Waals surface area contributed by atoms with Gasteiger partial charge in [-0.1, -0.05) is 33.6 Å². The molecule has 0 aliphatic rings. The number of ketones is 1. The zero-order valence-corrected chi connectivity index (χ0v) is 14.0. The molecule has 0 bridgehead atoms. The quantitative estimate of drug-likeness (QED) is 0.726. The summed E-state index contributed by atoms with van der Waals surface area (Å²) in [6.07, 6.45) is 0.263. The fourth-order valence-corrected chi connectivity index (χ4v) is 2.62. The molecule has 0 heterocycles. The predicted molar refractivity (Wildman–Crippen MR) is 86.7 cm³/mol. The molecule has 0 radical (unpaired) electrons. The zero-order valence-electron chi connectivity index (χ0n) is 11.7. The largest absolute Gasteiger partial charge is 0.493 e. The van der Waals surface area contributed by atoms with Crippen LogP contribution in [0.15, 0.2) is 40.9 Å². The second kappa shape index (κ2) is 6.96. The first-order valence-electron chi connectivity index (χ1n) is 6.24. The van der Waals surface area contributed by atoms with Crippen molar-refractivity contribution in [2.45, 2.75) is 6.42 Å². The molecule has 2 rings (SSSR count). The van der Waals surface area contributed by atoms with Gasteiger partial charge >= 0.3 is 0 Å². The molecule has 5 heteroatoms. The number of rotatable bonds is 5. The van der Waals surface area contributed by atoms with E-state index in [0.29, 0.717) is 22.1 Å². The van der Waals surface area contributed by atoms with E-state index < -0.39 is 0 Å². The maximum atomic E-state index is 12.4. The Morgan fingerprint density at radius 3 is 2.48 bits per heavy atom. The van der Waals surface area contributed by atoms with E-state index in [0.717, 1.165) is 10.0 Å². The molecule has 0 aliphatic heterocycles. The first kappa shape index (κ1) is 15.9. The molecule has 0 spiro atoms. The molecule has 0 aromatic heterocycles. The van der Waals surface area contributed by atoms with Crippen LogP contribution < -0.4 is 9.47 Å². The highest BCUT2D eigenvalue weighted by atomic mass is 79.9. The Balaban J connectivity index is 2.25. The van der Waals surface area contributed by atoms with Gasteiger partial charge in [0, 0.05) is 21.5 Å². The van der Waals surface area contributed by atoms with E-state index in [9.17, 15) is 4.79 Å². The molecule has 0 fully saturated rings. The number of hydrogen-bond donors (Lipinski definition) is 0. The van der Waals surface area contributed by atoms with E-state index in [4.69, 9.17) is 21.1 Å². The summed E-state index contributed by atoms with van der Waals surface area (Å²) in [7, 11) is 3.14. The van der Waals surface area contributed by atoms with Crippen molar-refractivity contribution in [3.05, 3.63) is 57.0 Å². The molecule has 0 atom stereocenters. The van der Waals surface area contributed by atoms with Crippen molar-refractivity contribution in [3.8, 4) is 11.5 Å². The van der Waals surface area contributed by atoms with Crippen LogP contribution in [0.1, 0.15) is 15.9 Å². The lowest BCUT2D eigenvalue weighted by Crippen LogP contribution is -2.05. The van der Waals surface area contributed by atoms with E-state index in [-0.39, 0.29) is 12.2 Å². The lowest BCUT2D eigenvalue weighted by molar-refractivity contribution is 0.0992. The van der Waals surface area contributed by atoms with Crippen LogP contribution >= 0.6 is 27.5 Å². The molecule has 0 unspecified atom stereocenters. The zero-order chi connectivity index (χ0) is 15.4. The lowest BCUT2D eigenvalue weighted by atomic mass is 10.0. The van der Waals surface area contributed by atoms with Gasteiger partial charge in [-0.15, -0.1) is 0 Å². The summed E-state index contributed by atoms with van der Waals surface area (Å²) < 4.78 is 11.2. The third-order valence-corrected chi connectivity index (χ3v) is 3.97. The Morgan fingerprint density at radius 1 is 1.10 bits per heavy atom. The Bertz CT molecular complexity index is 671. The standard InChI is InChI=1S/C16H14BrClO3/c1-20-15-6-3-10(8-16(15)21-2)7-14(19)12-9-11(18)4-5-13(12)17/h3-6,8-9H,7H2,1-2H3. The summed E-state index contributed by atoms with van der Waals surface area (Å²) in [6, 6.07) is 10.6. The average Bonchev–Trinajstić information content (AvgIpc) is 2.49. The van der Waals surface area contributed by atoms with Crippen molar-refractivity contribution in [2.24, 2.45) is 0 Å². The summed E-state index contributed by atoms with van der Waals surface area (Å²) >= 11 is 9.31. The molecule has 21 heavy (non-hydrogen) atoms. The van der Waals surface area contributed by atoms with E-state index >= 15 is 0 Å². The number of Topliss-reactive ketones (excluding diaryl/α,β-unsaturated/α-hetero) is 1. The highest BCUT2D eigenvalue weighted by Crippen LogP contribution is 2.29. The minimum absolute atomic E-state index is 0.0170. The topological polar surface area (TPSA) is 35.5 Å². The first-order chi connectivity index (χ1) is 10.0. The van der Waals surface area contributed by atoms with Crippen LogP contribution in [0.25, 0.3) is 0 Å². The summed E-state index contributed by atoms with van der Waals surface area (Å²) in [5.41, 5.74) is 1.42. The van der Waals surface area contributed by atoms with Gasteiger partial charge in [-0.2, -0.15) is 0 Å². The second-order valence-electron chi connectivity index (χ2n) is 4.41. The molecule has 3 nitrogen and oxygen atoms in total. The molecular weight excluding hydrogens is 356 g/mol. The van der Waals surface area contributed by atoms with Crippen molar-refractivity contribution >= 4 is 33.3 Å². The molecule has 2 aromatic carbocycles. The second-order valence-corrected chi connectivity index (χ2v) is 5.70. The molecule has 0 aliphatic carbocycles. The molecule has 0 amide bonds. The van der Waals surface area contributed by atoms with Gasteiger partial charge in [-0.3, -0.25) is 4.79 Å². The average molecular weight is 370 g/mol. The normalized spacial score (nSPS) is 10.3.